The summed E-state index contributed by atoms with van der Waals surface area (Å²) in [7, 11) is 0. The second-order valence-electron chi connectivity index (χ2n) is 9.02. The summed E-state index contributed by atoms with van der Waals surface area (Å²) in [5.74, 6) is -2.44. The SMILES string of the molecule is N#CC1(NC(=O)c2cc(-c3cnn(-c4c(Cl)cc(C(F)(C(F)(F)F)C(F)(F)F)cc4OC(F)(F)F)c3)ccc2Cl)CC1. The molecule has 0 unspecified atom stereocenters. The van der Waals surface area contributed by atoms with E-state index in [4.69, 9.17) is 23.2 Å². The molecule has 4 rings (SSSR count). The number of nitriles is 1. The first-order valence-corrected chi connectivity index (χ1v) is 12.0. The van der Waals surface area contributed by atoms with Gasteiger partial charge in [0.25, 0.3) is 5.91 Å². The van der Waals surface area contributed by atoms with Crippen LogP contribution in [0.1, 0.15) is 28.8 Å². The Kier molecular flexibility index (Phi) is 7.61. The molecule has 1 aliphatic rings. The van der Waals surface area contributed by atoms with E-state index in [1.807, 2.05) is 6.07 Å². The lowest BCUT2D eigenvalue weighted by Gasteiger charge is -2.31. The summed E-state index contributed by atoms with van der Waals surface area (Å²) >= 11 is 11.9. The van der Waals surface area contributed by atoms with Crippen molar-refractivity contribution in [2.24, 2.45) is 0 Å². The van der Waals surface area contributed by atoms with Gasteiger partial charge in [0.05, 0.1) is 27.9 Å². The van der Waals surface area contributed by atoms with Crippen LogP contribution in [0, 0.1) is 11.3 Å². The van der Waals surface area contributed by atoms with Crippen LogP contribution in [0.3, 0.4) is 0 Å². The fraction of sp³-hybridized carbons (Fsp3) is 0.292. The minimum Gasteiger partial charge on any atom is -0.403 e. The Balaban J connectivity index is 1.80. The number of halogens is 12. The van der Waals surface area contributed by atoms with E-state index in [2.05, 4.69) is 15.2 Å². The fourth-order valence-electron chi connectivity index (χ4n) is 3.83. The van der Waals surface area contributed by atoms with Gasteiger partial charge in [0, 0.05) is 17.3 Å². The molecule has 1 N–H and O–H groups in total. The lowest BCUT2D eigenvalue weighted by molar-refractivity contribution is -0.348. The molecule has 0 radical (unpaired) electrons. The van der Waals surface area contributed by atoms with Crippen molar-refractivity contribution in [1.82, 2.24) is 15.1 Å². The number of alkyl halides is 10. The molecule has 1 amide bonds. The van der Waals surface area contributed by atoms with Crippen LogP contribution in [0.15, 0.2) is 42.7 Å². The Labute approximate surface area is 238 Å². The van der Waals surface area contributed by atoms with Gasteiger partial charge in [-0.25, -0.2) is 9.07 Å². The Morgan fingerprint density at radius 3 is 2.10 bits per heavy atom. The number of hydrogen-bond acceptors (Lipinski definition) is 4. The van der Waals surface area contributed by atoms with E-state index in [0.717, 1.165) is 12.4 Å². The summed E-state index contributed by atoms with van der Waals surface area (Å²) in [5, 5.41) is 14.2. The summed E-state index contributed by atoms with van der Waals surface area (Å²) in [4.78, 5) is 12.7. The Morgan fingerprint density at radius 2 is 1.57 bits per heavy atom. The summed E-state index contributed by atoms with van der Waals surface area (Å²) in [5.41, 5.74) is -10.3. The fourth-order valence-corrected chi connectivity index (χ4v) is 4.33. The lowest BCUT2D eigenvalue weighted by atomic mass is 9.93. The van der Waals surface area contributed by atoms with Gasteiger partial charge in [0.15, 0.2) is 5.75 Å². The smallest absolute Gasteiger partial charge is 0.403 e. The zero-order valence-corrected chi connectivity index (χ0v) is 21.7. The highest BCUT2D eigenvalue weighted by Crippen LogP contribution is 2.55. The quantitative estimate of drug-likeness (QED) is 0.277. The minimum absolute atomic E-state index is 0.0269. The highest BCUT2D eigenvalue weighted by molar-refractivity contribution is 6.34. The topological polar surface area (TPSA) is 79.9 Å². The van der Waals surface area contributed by atoms with Crippen LogP contribution < -0.4 is 10.1 Å². The highest BCUT2D eigenvalue weighted by Gasteiger charge is 2.73. The normalized spacial score (nSPS) is 15.2. The number of carbonyl (C=O) groups excluding carboxylic acids is 1. The van der Waals surface area contributed by atoms with Gasteiger partial charge in [-0.3, -0.25) is 4.79 Å². The van der Waals surface area contributed by atoms with Crippen LogP contribution in [0.5, 0.6) is 5.75 Å². The number of rotatable bonds is 6. The van der Waals surface area contributed by atoms with Gasteiger partial charge in [0.1, 0.15) is 11.2 Å². The zero-order valence-electron chi connectivity index (χ0n) is 20.1. The predicted octanol–water partition coefficient (Wildman–Crippen LogP) is 7.82. The van der Waals surface area contributed by atoms with Gasteiger partial charge < -0.3 is 10.1 Å². The maximum Gasteiger partial charge on any atom is 0.573 e. The summed E-state index contributed by atoms with van der Waals surface area (Å²) in [6.07, 6.45) is -16.2. The predicted molar refractivity (Wildman–Crippen MR) is 126 cm³/mol. The van der Waals surface area contributed by atoms with E-state index in [0.29, 0.717) is 17.5 Å². The number of hydrogen-bond donors (Lipinski definition) is 1. The molecule has 1 heterocycles. The second kappa shape index (κ2) is 10.2. The van der Waals surface area contributed by atoms with Crippen molar-refractivity contribution >= 4 is 29.1 Å². The number of ether oxygens (including phenoxy) is 1. The number of nitrogens with zero attached hydrogens (tertiary/aromatic N) is 3. The molecule has 6 nitrogen and oxygen atoms in total. The zero-order chi connectivity index (χ0) is 31.5. The van der Waals surface area contributed by atoms with Gasteiger partial charge in [0.2, 0.25) is 0 Å². The van der Waals surface area contributed by atoms with Crippen LogP contribution in [0.2, 0.25) is 10.0 Å². The number of nitrogens with one attached hydrogen (secondary N) is 1. The van der Waals surface area contributed by atoms with Crippen molar-refractivity contribution in [2.45, 2.75) is 42.8 Å². The maximum absolute atomic E-state index is 14.6. The van der Waals surface area contributed by atoms with Crippen LogP contribution >= 0.6 is 23.2 Å². The summed E-state index contributed by atoms with van der Waals surface area (Å²) in [6, 6.07) is 5.27. The monoisotopic (exact) mass is 648 g/mol. The molecule has 0 bridgehead atoms. The third kappa shape index (κ3) is 5.80. The van der Waals surface area contributed by atoms with E-state index in [1.165, 1.54) is 18.2 Å². The van der Waals surface area contributed by atoms with E-state index >= 15 is 0 Å². The van der Waals surface area contributed by atoms with Gasteiger partial charge in [-0.05, 0) is 42.7 Å². The van der Waals surface area contributed by atoms with Gasteiger partial charge in [-0.15, -0.1) is 13.2 Å². The molecule has 0 spiro atoms. The highest BCUT2D eigenvalue weighted by atomic mass is 35.5. The molecule has 1 fully saturated rings. The van der Waals surface area contributed by atoms with Crippen LogP contribution in [-0.4, -0.2) is 39.9 Å². The number of benzene rings is 2. The molecule has 42 heavy (non-hydrogen) atoms. The third-order valence-corrected chi connectivity index (χ3v) is 6.72. The average Bonchev–Trinajstić information content (AvgIpc) is 3.46. The van der Waals surface area contributed by atoms with Crippen molar-refractivity contribution in [3.05, 3.63) is 63.9 Å². The standard InChI is InChI=1S/C24H12Cl2F10N4O2/c25-15-2-1-11(5-14(15)19(41)39-20(10-37)3-4-20)12-8-38-40(9-12)18-16(26)6-13(7-17(18)42-24(34,35)36)21(27,22(28,29)30)23(31,32)33/h1-2,5-9H,3-4H2,(H,39,41). The number of amides is 1. The summed E-state index contributed by atoms with van der Waals surface area (Å²) in [6.45, 7) is 0. The first-order chi connectivity index (χ1) is 19.2. The average molecular weight is 649 g/mol. The molecule has 2 aromatic carbocycles. The van der Waals surface area contributed by atoms with Gasteiger partial charge in [-0.1, -0.05) is 29.3 Å². The van der Waals surface area contributed by atoms with Crippen LogP contribution in [-0.2, 0) is 5.67 Å². The maximum atomic E-state index is 14.6. The van der Waals surface area contributed by atoms with Gasteiger partial charge in [-0.2, -0.15) is 36.7 Å². The molecule has 224 valence electrons. The lowest BCUT2D eigenvalue weighted by Crippen LogP contribution is -2.50. The third-order valence-electron chi connectivity index (χ3n) is 6.11. The molecule has 1 aliphatic carbocycles. The number of carbonyl (C=O) groups is 1. The molecule has 0 aliphatic heterocycles. The van der Waals surface area contributed by atoms with Crippen molar-refractivity contribution in [3.63, 3.8) is 0 Å². The van der Waals surface area contributed by atoms with Crippen molar-refractivity contribution in [1.29, 1.82) is 5.26 Å². The molecule has 0 saturated heterocycles. The largest absolute Gasteiger partial charge is 0.573 e. The minimum atomic E-state index is -6.64. The Hall–Kier alpha value is -3.71. The Bertz CT molecular complexity index is 1570. The first-order valence-electron chi connectivity index (χ1n) is 11.2. The van der Waals surface area contributed by atoms with E-state index in [1.54, 1.807) is 0 Å². The molecular formula is C24H12Cl2F10N4O2. The molecule has 1 saturated carbocycles. The van der Waals surface area contributed by atoms with Crippen molar-refractivity contribution < 1.29 is 53.4 Å². The summed E-state index contributed by atoms with van der Waals surface area (Å²) < 4.78 is 138. The van der Waals surface area contributed by atoms with Gasteiger partial charge >= 0.3 is 24.4 Å². The van der Waals surface area contributed by atoms with Crippen LogP contribution in [0.25, 0.3) is 16.8 Å². The molecule has 3 aromatic rings. The molecule has 0 atom stereocenters. The number of aromatic nitrogens is 2. The van der Waals surface area contributed by atoms with Crippen molar-refractivity contribution in [2.75, 3.05) is 0 Å². The van der Waals surface area contributed by atoms with Crippen molar-refractivity contribution in [3.8, 4) is 28.6 Å². The molecule has 1 aromatic heterocycles. The molecule has 18 heteroatoms. The van der Waals surface area contributed by atoms with E-state index < -0.39 is 63.9 Å². The second-order valence-corrected chi connectivity index (χ2v) is 9.84. The Morgan fingerprint density at radius 1 is 0.952 bits per heavy atom. The molecular weight excluding hydrogens is 637 g/mol. The van der Waals surface area contributed by atoms with E-state index in [-0.39, 0.29) is 27.8 Å². The van der Waals surface area contributed by atoms with E-state index in [9.17, 15) is 54.0 Å². The van der Waals surface area contributed by atoms with Crippen LogP contribution in [0.4, 0.5) is 43.9 Å². The first kappa shape index (κ1) is 31.2.